The number of nitrogens with zero attached hydrogens (tertiary/aromatic N) is 1. The summed E-state index contributed by atoms with van der Waals surface area (Å²) in [4.78, 5) is 4.10. The molecular weight excluding hydrogens is 301 g/mol. The van der Waals surface area contributed by atoms with Crippen molar-refractivity contribution in [2.24, 2.45) is 0 Å². The zero-order valence-electron chi connectivity index (χ0n) is 10.1. The van der Waals surface area contributed by atoms with Crippen molar-refractivity contribution in [2.75, 3.05) is 10.6 Å². The highest BCUT2D eigenvalue weighted by Crippen LogP contribution is 2.19. The summed E-state index contributed by atoms with van der Waals surface area (Å²) in [6.07, 6.45) is 1.56. The maximum absolute atomic E-state index is 5.90. The summed E-state index contributed by atoms with van der Waals surface area (Å²) in [6, 6.07) is 9.05. The van der Waals surface area contributed by atoms with Crippen LogP contribution in [-0.4, -0.2) is 10.1 Å². The van der Waals surface area contributed by atoms with Crippen molar-refractivity contribution < 1.29 is 0 Å². The van der Waals surface area contributed by atoms with Crippen LogP contribution in [0.3, 0.4) is 0 Å². The Kier molecular flexibility index (Phi) is 4.58. The molecule has 1 aromatic heterocycles. The van der Waals surface area contributed by atoms with Gasteiger partial charge in [0.25, 0.3) is 0 Å². The average molecular weight is 312 g/mol. The highest BCUT2D eigenvalue weighted by atomic mass is 35.5. The van der Waals surface area contributed by atoms with E-state index < -0.39 is 0 Å². The maximum Gasteiger partial charge on any atom is 0.176 e. The number of thiocarbonyl (C=S) groups is 1. The molecule has 0 saturated heterocycles. The Labute approximate surface area is 127 Å². The van der Waals surface area contributed by atoms with Gasteiger partial charge in [0.2, 0.25) is 0 Å². The van der Waals surface area contributed by atoms with Crippen molar-refractivity contribution in [3.63, 3.8) is 0 Å². The quantitative estimate of drug-likeness (QED) is 0.800. The first-order valence-corrected chi connectivity index (χ1v) is 6.67. The molecule has 2 aromatic rings. The molecule has 6 heteroatoms. The average Bonchev–Trinajstić information content (AvgIpc) is 2.36. The maximum atomic E-state index is 5.90. The zero-order valence-corrected chi connectivity index (χ0v) is 12.4. The summed E-state index contributed by atoms with van der Waals surface area (Å²) in [7, 11) is 0. The molecule has 2 N–H and O–H groups in total. The Morgan fingerprint density at radius 1 is 1.11 bits per heavy atom. The molecule has 2 rings (SSSR count). The monoisotopic (exact) mass is 311 g/mol. The van der Waals surface area contributed by atoms with Crippen LogP contribution in [0.25, 0.3) is 0 Å². The van der Waals surface area contributed by atoms with Crippen LogP contribution in [0.2, 0.25) is 10.0 Å². The van der Waals surface area contributed by atoms with E-state index in [1.165, 1.54) is 0 Å². The second-order valence-electron chi connectivity index (χ2n) is 3.90. The van der Waals surface area contributed by atoms with E-state index in [0.717, 1.165) is 11.3 Å². The molecule has 1 aromatic carbocycles. The van der Waals surface area contributed by atoms with Gasteiger partial charge in [-0.15, -0.1) is 0 Å². The lowest BCUT2D eigenvalue weighted by Gasteiger charge is -2.12. The van der Waals surface area contributed by atoms with Gasteiger partial charge in [0.05, 0.1) is 5.02 Å². The first-order chi connectivity index (χ1) is 9.04. The van der Waals surface area contributed by atoms with E-state index in [9.17, 15) is 0 Å². The number of hydrogen-bond acceptors (Lipinski definition) is 2. The Bertz CT molecular complexity index is 599. The Morgan fingerprint density at radius 3 is 2.47 bits per heavy atom. The van der Waals surface area contributed by atoms with Crippen LogP contribution in [-0.2, 0) is 0 Å². The first-order valence-electron chi connectivity index (χ1n) is 5.50. The molecule has 0 amide bonds. The summed E-state index contributed by atoms with van der Waals surface area (Å²) in [5, 5.41) is 7.80. The topological polar surface area (TPSA) is 37.0 Å². The smallest absolute Gasteiger partial charge is 0.176 e. The van der Waals surface area contributed by atoms with Crippen LogP contribution in [0.4, 0.5) is 11.5 Å². The largest absolute Gasteiger partial charge is 0.332 e. The minimum absolute atomic E-state index is 0.459. The van der Waals surface area contributed by atoms with Gasteiger partial charge < -0.3 is 10.6 Å². The van der Waals surface area contributed by atoms with E-state index in [1.54, 1.807) is 24.4 Å². The van der Waals surface area contributed by atoms with Crippen LogP contribution in [0.5, 0.6) is 0 Å². The molecule has 1 heterocycles. The number of pyridine rings is 1. The number of benzene rings is 1. The normalized spacial score (nSPS) is 10.1. The van der Waals surface area contributed by atoms with Crippen molar-refractivity contribution in [2.45, 2.75) is 6.92 Å². The molecule has 3 nitrogen and oxygen atoms in total. The second-order valence-corrected chi connectivity index (χ2v) is 5.18. The van der Waals surface area contributed by atoms with Gasteiger partial charge in [-0.05, 0) is 55.0 Å². The standard InChI is InChI=1S/C13H11Cl2N3S/c1-8-6-9(14)2-4-11(8)17-13(19)18-12-5-3-10(15)7-16-12/h2-7H,1H3,(H2,16,17,18,19). The Hall–Kier alpha value is -1.36. The van der Waals surface area contributed by atoms with Gasteiger partial charge in [-0.2, -0.15) is 0 Å². The summed E-state index contributed by atoms with van der Waals surface area (Å²) in [5.41, 5.74) is 1.91. The van der Waals surface area contributed by atoms with Gasteiger partial charge in [-0.3, -0.25) is 0 Å². The van der Waals surface area contributed by atoms with Gasteiger partial charge in [-0.25, -0.2) is 4.98 Å². The van der Waals surface area contributed by atoms with Gasteiger partial charge in [0.15, 0.2) is 5.11 Å². The van der Waals surface area contributed by atoms with E-state index in [0.29, 0.717) is 21.0 Å². The van der Waals surface area contributed by atoms with Crippen molar-refractivity contribution in [3.8, 4) is 0 Å². The lowest BCUT2D eigenvalue weighted by molar-refractivity contribution is 1.32. The number of nitrogens with one attached hydrogen (secondary N) is 2. The zero-order chi connectivity index (χ0) is 13.8. The van der Waals surface area contributed by atoms with Gasteiger partial charge in [-0.1, -0.05) is 23.2 Å². The highest BCUT2D eigenvalue weighted by molar-refractivity contribution is 7.80. The van der Waals surface area contributed by atoms with E-state index in [4.69, 9.17) is 35.4 Å². The molecular formula is C13H11Cl2N3S. The van der Waals surface area contributed by atoms with Gasteiger partial charge in [0.1, 0.15) is 5.82 Å². The van der Waals surface area contributed by atoms with E-state index in [1.807, 2.05) is 19.1 Å². The molecule has 0 aliphatic heterocycles. The van der Waals surface area contributed by atoms with Crippen molar-refractivity contribution in [1.82, 2.24) is 4.98 Å². The van der Waals surface area contributed by atoms with Crippen molar-refractivity contribution >= 4 is 52.0 Å². The molecule has 0 fully saturated rings. The molecule has 19 heavy (non-hydrogen) atoms. The molecule has 0 saturated carbocycles. The molecule has 0 radical (unpaired) electrons. The Balaban J connectivity index is 2.03. The third-order valence-electron chi connectivity index (χ3n) is 2.41. The van der Waals surface area contributed by atoms with Gasteiger partial charge >= 0.3 is 0 Å². The molecule has 0 aliphatic rings. The van der Waals surface area contributed by atoms with Crippen LogP contribution < -0.4 is 10.6 Å². The van der Waals surface area contributed by atoms with Crippen LogP contribution in [0, 0.1) is 6.92 Å². The predicted molar refractivity (Wildman–Crippen MR) is 85.3 cm³/mol. The summed E-state index contributed by atoms with van der Waals surface area (Å²) in [6.45, 7) is 1.96. The number of aryl methyl sites for hydroxylation is 1. The van der Waals surface area contributed by atoms with E-state index >= 15 is 0 Å². The SMILES string of the molecule is Cc1cc(Cl)ccc1NC(=S)Nc1ccc(Cl)cn1. The minimum Gasteiger partial charge on any atom is -0.332 e. The minimum atomic E-state index is 0.459. The summed E-state index contributed by atoms with van der Waals surface area (Å²) in [5.74, 6) is 0.633. The molecule has 0 atom stereocenters. The molecule has 0 bridgehead atoms. The van der Waals surface area contributed by atoms with Crippen LogP contribution in [0.1, 0.15) is 5.56 Å². The molecule has 98 valence electrons. The van der Waals surface area contributed by atoms with Crippen molar-refractivity contribution in [1.29, 1.82) is 0 Å². The number of anilines is 2. The molecule has 0 unspecified atom stereocenters. The lowest BCUT2D eigenvalue weighted by atomic mass is 10.2. The second kappa shape index (κ2) is 6.19. The summed E-state index contributed by atoms with van der Waals surface area (Å²) >= 11 is 16.9. The third kappa shape index (κ3) is 4.06. The fourth-order valence-corrected chi connectivity index (χ4v) is 2.04. The fourth-order valence-electron chi connectivity index (χ4n) is 1.49. The number of hydrogen-bond donors (Lipinski definition) is 2. The van der Waals surface area contributed by atoms with Crippen LogP contribution >= 0.6 is 35.4 Å². The highest BCUT2D eigenvalue weighted by Gasteiger charge is 2.03. The Morgan fingerprint density at radius 2 is 1.84 bits per heavy atom. The van der Waals surface area contributed by atoms with E-state index in [2.05, 4.69) is 15.6 Å². The number of halogens is 2. The van der Waals surface area contributed by atoms with Crippen LogP contribution in [0.15, 0.2) is 36.5 Å². The lowest BCUT2D eigenvalue weighted by Crippen LogP contribution is -2.20. The third-order valence-corrected chi connectivity index (χ3v) is 3.07. The number of rotatable bonds is 2. The van der Waals surface area contributed by atoms with E-state index in [-0.39, 0.29) is 0 Å². The first kappa shape index (κ1) is 14.1. The van der Waals surface area contributed by atoms with Gasteiger partial charge in [0, 0.05) is 16.9 Å². The molecule has 0 spiro atoms. The van der Waals surface area contributed by atoms with Crippen molar-refractivity contribution in [3.05, 3.63) is 52.1 Å². The summed E-state index contributed by atoms with van der Waals surface area (Å²) < 4.78 is 0. The fraction of sp³-hybridized carbons (Fsp3) is 0.0769. The number of aromatic nitrogens is 1. The predicted octanol–water partition coefficient (Wildman–Crippen LogP) is 4.51. The molecule has 0 aliphatic carbocycles.